The van der Waals surface area contributed by atoms with Crippen LogP contribution in [0.5, 0.6) is 5.75 Å². The van der Waals surface area contributed by atoms with Crippen molar-refractivity contribution in [3.05, 3.63) is 65.1 Å². The predicted octanol–water partition coefficient (Wildman–Crippen LogP) is 4.92. The lowest BCUT2D eigenvalue weighted by molar-refractivity contribution is -0.136. The fourth-order valence-corrected chi connectivity index (χ4v) is 6.64. The van der Waals surface area contributed by atoms with Gasteiger partial charge in [-0.1, -0.05) is 24.3 Å². The molecule has 0 unspecified atom stereocenters. The van der Waals surface area contributed by atoms with E-state index in [0.717, 1.165) is 47.1 Å². The number of carbonyl (C=O) groups is 3. The number of thioether (sulfide) groups is 1. The summed E-state index contributed by atoms with van der Waals surface area (Å²) < 4.78 is 7.52. The Balaban J connectivity index is 1.47. The molecule has 4 rings (SSSR count). The summed E-state index contributed by atoms with van der Waals surface area (Å²) in [6.07, 6.45) is 2.48. The van der Waals surface area contributed by atoms with Crippen LogP contribution in [0.15, 0.2) is 41.3 Å². The number of carbonyl (C=O) groups excluding carboxylic acids is 3. The van der Waals surface area contributed by atoms with Crippen LogP contribution in [-0.4, -0.2) is 46.5 Å². The number of hydrogen-bond donors (Lipinski definition) is 0. The summed E-state index contributed by atoms with van der Waals surface area (Å²) in [6.45, 7) is 3.36. The van der Waals surface area contributed by atoms with Crippen LogP contribution < -0.4 is 4.74 Å². The van der Waals surface area contributed by atoms with Gasteiger partial charge in [-0.15, -0.1) is 0 Å². The highest BCUT2D eigenvalue weighted by atomic mass is 127. The van der Waals surface area contributed by atoms with Gasteiger partial charge in [0.05, 0.1) is 18.7 Å². The van der Waals surface area contributed by atoms with E-state index in [9.17, 15) is 14.4 Å². The predicted molar refractivity (Wildman–Crippen MR) is 141 cm³/mol. The van der Waals surface area contributed by atoms with Crippen LogP contribution in [0, 0.1) is 7.14 Å². The summed E-state index contributed by atoms with van der Waals surface area (Å²) in [6, 6.07) is 11.9. The molecule has 0 aliphatic carbocycles. The van der Waals surface area contributed by atoms with Gasteiger partial charge in [-0.05, 0) is 105 Å². The Hall–Kier alpha value is -1.60. The Bertz CT molecular complexity index is 1110. The first-order valence-electron chi connectivity index (χ1n) is 10.1. The van der Waals surface area contributed by atoms with Crippen LogP contribution >= 0.6 is 56.9 Å². The minimum Gasteiger partial charge on any atom is -0.492 e. The van der Waals surface area contributed by atoms with Gasteiger partial charge in [0, 0.05) is 13.1 Å². The molecule has 32 heavy (non-hydrogen) atoms. The van der Waals surface area contributed by atoms with E-state index in [4.69, 9.17) is 4.74 Å². The molecular weight excluding hydrogens is 654 g/mol. The van der Waals surface area contributed by atoms with E-state index in [-0.39, 0.29) is 12.5 Å². The molecule has 0 bridgehead atoms. The summed E-state index contributed by atoms with van der Waals surface area (Å²) in [5, 5.41) is -0.415. The smallest absolute Gasteiger partial charge is 0.294 e. The van der Waals surface area contributed by atoms with Gasteiger partial charge in [0.15, 0.2) is 0 Å². The molecule has 2 aromatic carbocycles. The van der Waals surface area contributed by atoms with E-state index in [1.54, 1.807) is 11.0 Å². The minimum absolute atomic E-state index is 0.215. The van der Waals surface area contributed by atoms with E-state index in [1.807, 2.05) is 37.3 Å². The molecule has 3 amide bonds. The zero-order valence-electron chi connectivity index (χ0n) is 17.3. The third-order valence-electron chi connectivity index (χ3n) is 5.26. The molecule has 2 aliphatic rings. The van der Waals surface area contributed by atoms with Gasteiger partial charge in [0.2, 0.25) is 5.91 Å². The van der Waals surface area contributed by atoms with Crippen molar-refractivity contribution in [3.8, 4) is 5.75 Å². The maximum Gasteiger partial charge on any atom is 0.294 e. The van der Waals surface area contributed by atoms with Crippen LogP contribution in [0.3, 0.4) is 0 Å². The third-order valence-corrected chi connectivity index (χ3v) is 7.77. The third kappa shape index (κ3) is 4.98. The Morgan fingerprint density at radius 3 is 2.53 bits per heavy atom. The Morgan fingerprint density at radius 2 is 1.84 bits per heavy atom. The Morgan fingerprint density at radius 1 is 1.16 bits per heavy atom. The van der Waals surface area contributed by atoms with Gasteiger partial charge >= 0.3 is 0 Å². The lowest BCUT2D eigenvalue weighted by atomic mass is 10.00. The molecule has 2 aliphatic heterocycles. The van der Waals surface area contributed by atoms with Gasteiger partial charge in [-0.3, -0.25) is 19.3 Å². The molecule has 1 saturated heterocycles. The van der Waals surface area contributed by atoms with E-state index in [0.29, 0.717) is 24.6 Å². The number of hydrogen-bond acceptors (Lipinski definition) is 5. The van der Waals surface area contributed by atoms with Crippen molar-refractivity contribution in [2.24, 2.45) is 0 Å². The second kappa shape index (κ2) is 10.1. The van der Waals surface area contributed by atoms with Gasteiger partial charge in [-0.2, -0.15) is 0 Å². The first kappa shape index (κ1) is 23.6. The highest BCUT2D eigenvalue weighted by Gasteiger charge is 2.37. The van der Waals surface area contributed by atoms with E-state index < -0.39 is 11.1 Å². The molecule has 0 aromatic heterocycles. The van der Waals surface area contributed by atoms with Crippen molar-refractivity contribution < 1.29 is 19.1 Å². The molecule has 0 spiro atoms. The average molecular weight is 674 g/mol. The van der Waals surface area contributed by atoms with E-state index in [2.05, 4.69) is 51.2 Å². The van der Waals surface area contributed by atoms with E-state index in [1.165, 1.54) is 5.56 Å². The lowest BCUT2D eigenvalue weighted by Crippen LogP contribution is -2.44. The Kier molecular flexibility index (Phi) is 7.45. The largest absolute Gasteiger partial charge is 0.492 e. The molecule has 2 aromatic rings. The first-order chi connectivity index (χ1) is 15.4. The van der Waals surface area contributed by atoms with Crippen molar-refractivity contribution >= 4 is 80.1 Å². The number of rotatable bonds is 5. The highest BCUT2D eigenvalue weighted by molar-refractivity contribution is 14.1. The van der Waals surface area contributed by atoms with Crippen molar-refractivity contribution in [2.45, 2.75) is 19.9 Å². The number of fused-ring (bicyclic) bond motifs is 1. The second-order valence-electron chi connectivity index (χ2n) is 7.35. The topological polar surface area (TPSA) is 66.9 Å². The number of ether oxygens (including phenoxy) is 1. The van der Waals surface area contributed by atoms with Crippen molar-refractivity contribution in [3.63, 3.8) is 0 Å². The number of halogens is 2. The quantitative estimate of drug-likeness (QED) is 0.333. The van der Waals surface area contributed by atoms with Crippen LogP contribution in [0.2, 0.25) is 0 Å². The maximum absolute atomic E-state index is 12.9. The molecule has 0 radical (unpaired) electrons. The van der Waals surface area contributed by atoms with Gasteiger partial charge in [0.25, 0.3) is 11.1 Å². The Labute approximate surface area is 218 Å². The van der Waals surface area contributed by atoms with Crippen molar-refractivity contribution in [1.29, 1.82) is 0 Å². The molecular formula is C23H20I2N2O4S. The molecule has 166 valence electrons. The van der Waals surface area contributed by atoms with Crippen molar-refractivity contribution in [1.82, 2.24) is 9.80 Å². The maximum atomic E-state index is 12.9. The lowest BCUT2D eigenvalue weighted by Gasteiger charge is -2.29. The fourth-order valence-electron chi connectivity index (χ4n) is 3.68. The second-order valence-corrected chi connectivity index (χ2v) is 10.7. The highest BCUT2D eigenvalue weighted by Crippen LogP contribution is 2.35. The molecule has 1 fully saturated rings. The van der Waals surface area contributed by atoms with Crippen LogP contribution in [0.25, 0.3) is 6.08 Å². The monoisotopic (exact) mass is 674 g/mol. The summed E-state index contributed by atoms with van der Waals surface area (Å²) in [4.78, 5) is 41.3. The molecule has 0 N–H and O–H groups in total. The average Bonchev–Trinajstić information content (AvgIpc) is 3.03. The number of nitrogens with zero attached hydrogens (tertiary/aromatic N) is 2. The summed E-state index contributed by atoms with van der Waals surface area (Å²) in [5.74, 6) is 0.172. The normalized spacial score (nSPS) is 17.2. The molecule has 6 nitrogen and oxygen atoms in total. The SMILES string of the molecule is CCOc1c(I)cc(/C=C2\SC(=O)N(CC(=O)N3CCc4ccccc4C3)C2=O)cc1I. The van der Waals surface area contributed by atoms with Crippen LogP contribution in [0.4, 0.5) is 4.79 Å². The summed E-state index contributed by atoms with van der Waals surface area (Å²) >= 11 is 5.27. The molecule has 0 atom stereocenters. The molecule has 0 saturated carbocycles. The van der Waals surface area contributed by atoms with Crippen molar-refractivity contribution in [2.75, 3.05) is 19.7 Å². The number of amides is 3. The number of benzene rings is 2. The summed E-state index contributed by atoms with van der Waals surface area (Å²) in [5.41, 5.74) is 3.16. The van der Waals surface area contributed by atoms with Gasteiger partial charge in [-0.25, -0.2) is 0 Å². The first-order valence-corrected chi connectivity index (χ1v) is 13.1. The summed E-state index contributed by atoms with van der Waals surface area (Å²) in [7, 11) is 0. The minimum atomic E-state index is -0.426. The van der Waals surface area contributed by atoms with Gasteiger partial charge < -0.3 is 9.64 Å². The zero-order chi connectivity index (χ0) is 22.8. The standard InChI is InChI=1S/C23H20I2N2O4S/c1-2-31-21-17(24)9-14(10-18(21)25)11-19-22(29)27(23(30)32-19)13-20(28)26-8-7-15-5-3-4-6-16(15)12-26/h3-6,9-11H,2,7-8,12-13H2,1H3/b19-11-. The molecule has 9 heteroatoms. The molecule has 2 heterocycles. The fraction of sp³-hybridized carbons (Fsp3) is 0.261. The van der Waals surface area contributed by atoms with E-state index >= 15 is 0 Å². The van der Waals surface area contributed by atoms with Gasteiger partial charge in [0.1, 0.15) is 12.3 Å². The van der Waals surface area contributed by atoms with Crippen LogP contribution in [-0.2, 0) is 22.6 Å². The number of imide groups is 1. The van der Waals surface area contributed by atoms with Crippen LogP contribution in [0.1, 0.15) is 23.6 Å². The zero-order valence-corrected chi connectivity index (χ0v) is 22.4.